The number of carbonyl (C=O) groups excluding carboxylic acids is 3. The van der Waals surface area contributed by atoms with Crippen LogP contribution in [0.15, 0.2) is 48.6 Å². The molecule has 0 amide bonds. The van der Waals surface area contributed by atoms with E-state index in [-0.39, 0.29) is 31.1 Å². The van der Waals surface area contributed by atoms with Gasteiger partial charge in [-0.3, -0.25) is 14.4 Å². The van der Waals surface area contributed by atoms with Crippen LogP contribution in [0.25, 0.3) is 0 Å². The second kappa shape index (κ2) is 54.0. The molecule has 0 aliphatic carbocycles. The molecule has 6 heteroatoms. The number of hydrogen-bond donors (Lipinski definition) is 0. The molecule has 6 nitrogen and oxygen atoms in total. The minimum atomic E-state index is -0.780. The van der Waals surface area contributed by atoms with E-state index in [0.717, 1.165) is 77.0 Å². The molecular weight excluding hydrogens is 805 g/mol. The highest BCUT2D eigenvalue weighted by Crippen LogP contribution is 2.16. The van der Waals surface area contributed by atoms with Gasteiger partial charge in [0.2, 0.25) is 0 Å². The van der Waals surface area contributed by atoms with Gasteiger partial charge in [0.05, 0.1) is 0 Å². The summed E-state index contributed by atoms with van der Waals surface area (Å²) in [5, 5.41) is 0. The molecule has 0 heterocycles. The van der Waals surface area contributed by atoms with Crippen LogP contribution in [-0.2, 0) is 28.6 Å². The lowest BCUT2D eigenvalue weighted by molar-refractivity contribution is -0.167. The Bertz CT molecular complexity index is 1140. The molecule has 0 aromatic rings. The predicted molar refractivity (Wildman–Crippen MR) is 279 cm³/mol. The topological polar surface area (TPSA) is 78.9 Å². The van der Waals surface area contributed by atoms with Gasteiger partial charge < -0.3 is 14.2 Å². The second-order valence-corrected chi connectivity index (χ2v) is 18.9. The van der Waals surface area contributed by atoms with Crippen molar-refractivity contribution >= 4 is 17.9 Å². The molecule has 0 rings (SSSR count). The zero-order valence-corrected chi connectivity index (χ0v) is 43.3. The molecule has 0 saturated carbocycles. The van der Waals surface area contributed by atoms with Crippen molar-refractivity contribution in [3.8, 4) is 0 Å². The lowest BCUT2D eigenvalue weighted by atomic mass is 10.0. The van der Waals surface area contributed by atoms with Gasteiger partial charge in [0.25, 0.3) is 0 Å². The van der Waals surface area contributed by atoms with Gasteiger partial charge in [-0.2, -0.15) is 0 Å². The molecule has 65 heavy (non-hydrogen) atoms. The van der Waals surface area contributed by atoms with Crippen molar-refractivity contribution < 1.29 is 28.6 Å². The summed E-state index contributed by atoms with van der Waals surface area (Å²) in [6.07, 6.45) is 65.2. The molecule has 0 spiro atoms. The summed E-state index contributed by atoms with van der Waals surface area (Å²) in [7, 11) is 0. The molecule has 378 valence electrons. The maximum atomic E-state index is 12.8. The summed E-state index contributed by atoms with van der Waals surface area (Å²) >= 11 is 0. The molecule has 0 fully saturated rings. The van der Waals surface area contributed by atoms with Gasteiger partial charge in [0.1, 0.15) is 13.2 Å². The minimum Gasteiger partial charge on any atom is -0.462 e. The monoisotopic (exact) mass is 911 g/mol. The lowest BCUT2D eigenvalue weighted by Crippen LogP contribution is -2.30. The molecule has 1 atom stereocenters. The van der Waals surface area contributed by atoms with Crippen LogP contribution in [0, 0.1) is 0 Å². The second-order valence-electron chi connectivity index (χ2n) is 18.9. The highest BCUT2D eigenvalue weighted by Gasteiger charge is 2.19. The van der Waals surface area contributed by atoms with Crippen molar-refractivity contribution in [1.29, 1.82) is 0 Å². The Labute approximate surface area is 403 Å². The molecule has 0 aliphatic rings. The van der Waals surface area contributed by atoms with E-state index in [1.54, 1.807) is 0 Å². The van der Waals surface area contributed by atoms with Gasteiger partial charge in [0, 0.05) is 19.3 Å². The Morgan fingerprint density at radius 3 is 0.969 bits per heavy atom. The van der Waals surface area contributed by atoms with Gasteiger partial charge in [-0.05, 0) is 77.0 Å². The van der Waals surface area contributed by atoms with Gasteiger partial charge in [-0.15, -0.1) is 0 Å². The van der Waals surface area contributed by atoms with E-state index < -0.39 is 6.10 Å². The Morgan fingerprint density at radius 2 is 0.600 bits per heavy atom. The summed E-state index contributed by atoms with van der Waals surface area (Å²) in [5.74, 6) is -0.885. The summed E-state index contributed by atoms with van der Waals surface area (Å²) in [5.41, 5.74) is 0. The smallest absolute Gasteiger partial charge is 0.306 e. The number of esters is 3. The zero-order chi connectivity index (χ0) is 47.2. The first kappa shape index (κ1) is 62.4. The summed E-state index contributed by atoms with van der Waals surface area (Å²) < 4.78 is 16.9. The highest BCUT2D eigenvalue weighted by atomic mass is 16.6. The molecule has 0 bridgehead atoms. The van der Waals surface area contributed by atoms with Gasteiger partial charge in [0.15, 0.2) is 6.10 Å². The fourth-order valence-electron chi connectivity index (χ4n) is 8.05. The maximum absolute atomic E-state index is 12.8. The summed E-state index contributed by atoms with van der Waals surface area (Å²) in [6.45, 7) is 6.60. The van der Waals surface area contributed by atoms with Crippen LogP contribution in [-0.4, -0.2) is 37.2 Å². The fourth-order valence-corrected chi connectivity index (χ4v) is 8.05. The molecule has 0 aliphatic heterocycles. The predicted octanol–water partition coefficient (Wildman–Crippen LogP) is 18.7. The Balaban J connectivity index is 4.38. The van der Waals surface area contributed by atoms with Crippen LogP contribution < -0.4 is 0 Å². The van der Waals surface area contributed by atoms with Crippen molar-refractivity contribution in [2.24, 2.45) is 0 Å². The normalized spacial score (nSPS) is 12.4. The van der Waals surface area contributed by atoms with E-state index in [1.165, 1.54) is 173 Å². The van der Waals surface area contributed by atoms with E-state index in [2.05, 4.69) is 69.4 Å². The third kappa shape index (κ3) is 52.2. The number of ether oxygens (including phenoxy) is 3. The van der Waals surface area contributed by atoms with Crippen LogP contribution in [0.5, 0.6) is 0 Å². The first-order chi connectivity index (χ1) is 32.0. The van der Waals surface area contributed by atoms with Gasteiger partial charge in [-0.25, -0.2) is 0 Å². The first-order valence-corrected chi connectivity index (χ1v) is 28.2. The summed E-state index contributed by atoms with van der Waals surface area (Å²) in [6, 6.07) is 0. The van der Waals surface area contributed by atoms with E-state index in [9.17, 15) is 14.4 Å². The highest BCUT2D eigenvalue weighted by molar-refractivity contribution is 5.71. The van der Waals surface area contributed by atoms with E-state index in [4.69, 9.17) is 14.2 Å². The first-order valence-electron chi connectivity index (χ1n) is 28.2. The van der Waals surface area contributed by atoms with Crippen LogP contribution in [0.2, 0.25) is 0 Å². The van der Waals surface area contributed by atoms with Crippen LogP contribution >= 0.6 is 0 Å². The van der Waals surface area contributed by atoms with Crippen LogP contribution in [0.3, 0.4) is 0 Å². The lowest BCUT2D eigenvalue weighted by Gasteiger charge is -2.18. The van der Waals surface area contributed by atoms with Crippen molar-refractivity contribution in [2.45, 2.75) is 297 Å². The third-order valence-electron chi connectivity index (χ3n) is 12.3. The molecular formula is C59H106O6. The van der Waals surface area contributed by atoms with E-state index >= 15 is 0 Å². The van der Waals surface area contributed by atoms with Crippen molar-refractivity contribution in [2.75, 3.05) is 13.2 Å². The summed E-state index contributed by atoms with van der Waals surface area (Å²) in [4.78, 5) is 38.1. The van der Waals surface area contributed by atoms with Gasteiger partial charge >= 0.3 is 17.9 Å². The average Bonchev–Trinajstić information content (AvgIpc) is 3.30. The van der Waals surface area contributed by atoms with Crippen molar-refractivity contribution in [3.63, 3.8) is 0 Å². The maximum Gasteiger partial charge on any atom is 0.306 e. The molecule has 0 N–H and O–H groups in total. The number of unbranched alkanes of at least 4 members (excludes halogenated alkanes) is 33. The Morgan fingerprint density at radius 1 is 0.323 bits per heavy atom. The van der Waals surface area contributed by atoms with Crippen molar-refractivity contribution in [3.05, 3.63) is 48.6 Å². The zero-order valence-electron chi connectivity index (χ0n) is 43.3. The Kier molecular flexibility index (Phi) is 51.8. The molecule has 1 unspecified atom stereocenters. The molecule has 0 aromatic heterocycles. The number of carbonyl (C=O) groups is 3. The average molecular weight is 911 g/mol. The van der Waals surface area contributed by atoms with Crippen LogP contribution in [0.1, 0.15) is 290 Å². The largest absolute Gasteiger partial charge is 0.462 e. The van der Waals surface area contributed by atoms with E-state index in [1.807, 2.05) is 0 Å². The fraction of sp³-hybridized carbons (Fsp3) is 0.814. The van der Waals surface area contributed by atoms with Gasteiger partial charge in [-0.1, -0.05) is 243 Å². The van der Waals surface area contributed by atoms with E-state index in [0.29, 0.717) is 19.3 Å². The molecule has 0 radical (unpaired) electrons. The molecule has 0 aromatic carbocycles. The molecule has 0 saturated heterocycles. The van der Waals surface area contributed by atoms with Crippen molar-refractivity contribution in [1.82, 2.24) is 0 Å². The number of hydrogen-bond acceptors (Lipinski definition) is 6. The minimum absolute atomic E-state index is 0.0777. The third-order valence-corrected chi connectivity index (χ3v) is 12.3. The SMILES string of the molecule is CCCCC/C=C\C=C/CCCCCCCCC(=O)OC(COC(=O)CCCCCCCCC/C=C\C/C=C\CCCCC)COC(=O)CCCCCCCCCCCCCCCCC. The standard InChI is InChI=1S/C59H106O6/c1-4-7-10-13-16-19-22-25-28-29-32-34-37-40-43-46-49-52-58(61)64-55-56(65-59(62)53-50-47-44-41-38-35-31-27-24-21-18-15-12-9-6-3)54-63-57(60)51-48-45-42-39-36-33-30-26-23-20-17-14-11-8-5-2/h16,18-19,21,24-25,27-28,56H,4-15,17,20,22-23,26,29-55H2,1-3H3/b19-16-,21-18-,27-24-,28-25-. The Hall–Kier alpha value is -2.63. The number of rotatable bonds is 51. The van der Waals surface area contributed by atoms with Crippen LogP contribution in [0.4, 0.5) is 0 Å². The number of allylic oxidation sites excluding steroid dienone is 8. The quantitative estimate of drug-likeness (QED) is 0.0199.